The molecule has 1 aromatic rings. The van der Waals surface area contributed by atoms with Crippen molar-refractivity contribution in [2.45, 2.75) is 18.9 Å². The van der Waals surface area contributed by atoms with E-state index in [9.17, 15) is 0 Å². The van der Waals surface area contributed by atoms with Gasteiger partial charge in [-0.15, -0.1) is 0 Å². The van der Waals surface area contributed by atoms with Gasteiger partial charge in [-0.2, -0.15) is 11.8 Å². The van der Waals surface area contributed by atoms with Gasteiger partial charge >= 0.3 is 0 Å². The first-order valence-electron chi connectivity index (χ1n) is 4.03. The van der Waals surface area contributed by atoms with Gasteiger partial charge in [-0.25, -0.2) is 4.98 Å². The molecule has 0 aliphatic carbocycles. The maximum absolute atomic E-state index is 8.77. The molecule has 0 aromatic carbocycles. The van der Waals surface area contributed by atoms with E-state index in [1.165, 1.54) is 5.75 Å². The summed E-state index contributed by atoms with van der Waals surface area (Å²) in [5.41, 5.74) is 0.641. The molecule has 1 saturated heterocycles. The second-order valence-electron chi connectivity index (χ2n) is 2.90. The van der Waals surface area contributed by atoms with E-state index in [2.05, 4.69) is 4.98 Å². The third-order valence-corrected chi connectivity index (χ3v) is 3.17. The maximum atomic E-state index is 8.77. The minimum Gasteiger partial charge on any atom is -0.448 e. The van der Waals surface area contributed by atoms with Gasteiger partial charge in [0, 0.05) is 11.7 Å². The van der Waals surface area contributed by atoms with E-state index in [-0.39, 0.29) is 6.61 Å². The number of hydrogen-bond donors (Lipinski definition) is 1. The molecule has 2 rings (SSSR count). The van der Waals surface area contributed by atoms with Crippen LogP contribution in [0.1, 0.15) is 23.9 Å². The lowest BCUT2D eigenvalue weighted by Gasteiger charge is -1.99. The smallest absolute Gasteiger partial charge is 0.198 e. The van der Waals surface area contributed by atoms with Crippen molar-refractivity contribution >= 4 is 11.8 Å². The monoisotopic (exact) mass is 185 g/mol. The molecule has 0 bridgehead atoms. The summed E-state index contributed by atoms with van der Waals surface area (Å²) in [5.74, 6) is 3.56. The standard InChI is InChI=1S/C8H11NO2S/c10-3-7-4-11-8(9-7)6-1-2-12-5-6/h4,6,10H,1-3,5H2. The molecule has 1 N–H and O–H groups in total. The van der Waals surface area contributed by atoms with Crippen LogP contribution in [0.4, 0.5) is 0 Å². The van der Waals surface area contributed by atoms with Gasteiger partial charge < -0.3 is 9.52 Å². The molecule has 0 amide bonds. The highest BCUT2D eigenvalue weighted by Gasteiger charge is 2.21. The first kappa shape index (κ1) is 8.13. The van der Waals surface area contributed by atoms with Gasteiger partial charge in [0.25, 0.3) is 0 Å². The molecular formula is C8H11NO2S. The number of aliphatic hydroxyl groups excluding tert-OH is 1. The Hall–Kier alpha value is -0.480. The average Bonchev–Trinajstić information content (AvgIpc) is 2.75. The molecule has 3 nitrogen and oxygen atoms in total. The fourth-order valence-corrected chi connectivity index (χ4v) is 2.52. The SMILES string of the molecule is OCc1coc(C2CCSC2)n1. The molecule has 4 heteroatoms. The minimum atomic E-state index is -0.0244. The molecule has 1 atom stereocenters. The number of thioether (sulfide) groups is 1. The third-order valence-electron chi connectivity index (χ3n) is 2.01. The number of rotatable bonds is 2. The van der Waals surface area contributed by atoms with Crippen LogP contribution >= 0.6 is 11.8 Å². The lowest BCUT2D eigenvalue weighted by Crippen LogP contribution is -1.96. The zero-order valence-corrected chi connectivity index (χ0v) is 7.51. The number of nitrogens with zero attached hydrogens (tertiary/aromatic N) is 1. The lowest BCUT2D eigenvalue weighted by molar-refractivity contribution is 0.276. The number of aromatic nitrogens is 1. The summed E-state index contributed by atoms with van der Waals surface area (Å²) < 4.78 is 5.26. The molecule has 1 aliphatic heterocycles. The summed E-state index contributed by atoms with van der Waals surface area (Å²) in [5, 5.41) is 8.77. The van der Waals surface area contributed by atoms with Crippen LogP contribution in [0.3, 0.4) is 0 Å². The van der Waals surface area contributed by atoms with Crippen molar-refractivity contribution in [3.8, 4) is 0 Å². The van der Waals surface area contributed by atoms with Crippen molar-refractivity contribution in [2.24, 2.45) is 0 Å². The summed E-state index contributed by atoms with van der Waals surface area (Å²) in [7, 11) is 0. The predicted octanol–water partition coefficient (Wildman–Crippen LogP) is 1.39. The second-order valence-corrected chi connectivity index (χ2v) is 4.05. The van der Waals surface area contributed by atoms with Crippen molar-refractivity contribution in [3.05, 3.63) is 17.8 Å². The van der Waals surface area contributed by atoms with E-state index in [1.54, 1.807) is 6.26 Å². The Balaban J connectivity index is 2.11. The summed E-state index contributed by atoms with van der Waals surface area (Å²) in [6, 6.07) is 0. The minimum absolute atomic E-state index is 0.0244. The normalized spacial score (nSPS) is 23.2. The summed E-state index contributed by atoms with van der Waals surface area (Å²) in [6.45, 7) is -0.0244. The van der Waals surface area contributed by atoms with Gasteiger partial charge in [-0.3, -0.25) is 0 Å². The molecule has 1 aliphatic rings. The highest BCUT2D eigenvalue weighted by atomic mass is 32.2. The summed E-state index contributed by atoms with van der Waals surface area (Å²) in [6.07, 6.45) is 2.69. The van der Waals surface area contributed by atoms with Gasteiger partial charge in [0.1, 0.15) is 12.0 Å². The van der Waals surface area contributed by atoms with Crippen LogP contribution in [0.25, 0.3) is 0 Å². The van der Waals surface area contributed by atoms with Crippen molar-refractivity contribution in [2.75, 3.05) is 11.5 Å². The number of hydrogen-bond acceptors (Lipinski definition) is 4. The Kier molecular flexibility index (Phi) is 2.37. The Morgan fingerprint density at radius 1 is 1.75 bits per heavy atom. The fourth-order valence-electron chi connectivity index (χ4n) is 1.31. The van der Waals surface area contributed by atoms with Crippen LogP contribution in [-0.4, -0.2) is 21.6 Å². The quantitative estimate of drug-likeness (QED) is 0.756. The highest BCUT2D eigenvalue weighted by molar-refractivity contribution is 7.99. The largest absolute Gasteiger partial charge is 0.448 e. The van der Waals surface area contributed by atoms with Crippen LogP contribution in [0, 0.1) is 0 Å². The van der Waals surface area contributed by atoms with Gasteiger partial charge in [-0.05, 0) is 12.2 Å². The fraction of sp³-hybridized carbons (Fsp3) is 0.625. The molecule has 1 unspecified atom stereocenters. The van der Waals surface area contributed by atoms with E-state index >= 15 is 0 Å². The number of aliphatic hydroxyl groups is 1. The van der Waals surface area contributed by atoms with Crippen molar-refractivity contribution in [3.63, 3.8) is 0 Å². The number of oxazole rings is 1. The van der Waals surface area contributed by atoms with Crippen molar-refractivity contribution < 1.29 is 9.52 Å². The van der Waals surface area contributed by atoms with Crippen molar-refractivity contribution in [1.29, 1.82) is 0 Å². The first-order chi connectivity index (χ1) is 5.90. The third kappa shape index (κ3) is 1.49. The van der Waals surface area contributed by atoms with E-state index in [4.69, 9.17) is 9.52 Å². The van der Waals surface area contributed by atoms with Crippen molar-refractivity contribution in [1.82, 2.24) is 4.98 Å². The average molecular weight is 185 g/mol. The maximum Gasteiger partial charge on any atom is 0.198 e. The zero-order chi connectivity index (χ0) is 8.39. The predicted molar refractivity (Wildman–Crippen MR) is 47.1 cm³/mol. The molecule has 12 heavy (non-hydrogen) atoms. The molecule has 1 fully saturated rings. The van der Waals surface area contributed by atoms with Gasteiger partial charge in [0.2, 0.25) is 0 Å². The zero-order valence-electron chi connectivity index (χ0n) is 6.69. The lowest BCUT2D eigenvalue weighted by atomic mass is 10.1. The van der Waals surface area contributed by atoms with E-state index in [1.807, 2.05) is 11.8 Å². The Bertz CT molecular complexity index is 255. The summed E-state index contributed by atoms with van der Waals surface area (Å²) >= 11 is 1.93. The first-order valence-corrected chi connectivity index (χ1v) is 5.18. The van der Waals surface area contributed by atoms with Crippen LogP contribution in [0.5, 0.6) is 0 Å². The molecule has 0 spiro atoms. The Morgan fingerprint density at radius 2 is 2.67 bits per heavy atom. The molecule has 2 heterocycles. The van der Waals surface area contributed by atoms with E-state index < -0.39 is 0 Å². The van der Waals surface area contributed by atoms with Crippen LogP contribution < -0.4 is 0 Å². The molecule has 0 saturated carbocycles. The molecule has 0 radical (unpaired) electrons. The van der Waals surface area contributed by atoms with E-state index in [0.717, 1.165) is 18.1 Å². The van der Waals surface area contributed by atoms with Gasteiger partial charge in [-0.1, -0.05) is 0 Å². The van der Waals surface area contributed by atoms with Gasteiger partial charge in [0.15, 0.2) is 5.89 Å². The highest BCUT2D eigenvalue weighted by Crippen LogP contribution is 2.31. The topological polar surface area (TPSA) is 46.3 Å². The van der Waals surface area contributed by atoms with Crippen LogP contribution in [0.2, 0.25) is 0 Å². The van der Waals surface area contributed by atoms with E-state index in [0.29, 0.717) is 11.6 Å². The molecule has 1 aromatic heterocycles. The van der Waals surface area contributed by atoms with Crippen LogP contribution in [-0.2, 0) is 6.61 Å². The van der Waals surface area contributed by atoms with Gasteiger partial charge in [0.05, 0.1) is 6.61 Å². The second kappa shape index (κ2) is 3.49. The van der Waals surface area contributed by atoms with Crippen LogP contribution in [0.15, 0.2) is 10.7 Å². The molecular weight excluding hydrogens is 174 g/mol. The summed E-state index contributed by atoms with van der Waals surface area (Å²) in [4.78, 5) is 4.18. The Morgan fingerprint density at radius 3 is 3.25 bits per heavy atom. The molecule has 66 valence electrons. The Labute approximate surface area is 75.2 Å².